The van der Waals surface area contributed by atoms with Crippen molar-refractivity contribution < 1.29 is 4.79 Å². The van der Waals surface area contributed by atoms with E-state index in [0.29, 0.717) is 11.2 Å². The molecule has 1 saturated carbocycles. The molecule has 1 aliphatic rings. The summed E-state index contributed by atoms with van der Waals surface area (Å²) < 4.78 is 0. The highest BCUT2D eigenvalue weighted by Crippen LogP contribution is 2.36. The van der Waals surface area contributed by atoms with Gasteiger partial charge in [0, 0.05) is 11.4 Å². The van der Waals surface area contributed by atoms with Gasteiger partial charge in [0.1, 0.15) is 0 Å². The Morgan fingerprint density at radius 3 is 2.72 bits per heavy atom. The van der Waals surface area contributed by atoms with E-state index in [2.05, 4.69) is 47.2 Å². The maximum absolute atomic E-state index is 11.8. The lowest BCUT2D eigenvalue weighted by Crippen LogP contribution is -2.31. The lowest BCUT2D eigenvalue weighted by atomic mass is 10.0. The Morgan fingerprint density at radius 1 is 1.39 bits per heavy atom. The molecule has 3 heteroatoms. The molecule has 1 aromatic rings. The molecule has 1 amide bonds. The van der Waals surface area contributed by atoms with Crippen LogP contribution in [0.3, 0.4) is 0 Å². The molecule has 18 heavy (non-hydrogen) atoms. The first kappa shape index (κ1) is 13.6. The van der Waals surface area contributed by atoms with Gasteiger partial charge in [-0.3, -0.25) is 4.79 Å². The summed E-state index contributed by atoms with van der Waals surface area (Å²) in [7, 11) is 0. The molecular formula is C15H20BrNO. The van der Waals surface area contributed by atoms with Crippen LogP contribution in [0.15, 0.2) is 18.2 Å². The minimum absolute atomic E-state index is 0.114. The second-order valence-electron chi connectivity index (χ2n) is 5.25. The highest BCUT2D eigenvalue weighted by Gasteiger charge is 2.29. The van der Waals surface area contributed by atoms with Crippen LogP contribution < -0.4 is 5.32 Å². The topological polar surface area (TPSA) is 29.1 Å². The van der Waals surface area contributed by atoms with Gasteiger partial charge in [0.25, 0.3) is 0 Å². The zero-order chi connectivity index (χ0) is 13.1. The average molecular weight is 310 g/mol. The normalized spacial score (nSPS) is 16.4. The molecule has 0 radical (unpaired) electrons. The molecule has 1 unspecified atom stereocenters. The van der Waals surface area contributed by atoms with E-state index in [1.165, 1.54) is 24.0 Å². The van der Waals surface area contributed by atoms with Crippen molar-refractivity contribution in [1.29, 1.82) is 0 Å². The van der Waals surface area contributed by atoms with Crippen molar-refractivity contribution in [3.05, 3.63) is 34.9 Å². The monoisotopic (exact) mass is 309 g/mol. The Kier molecular flexibility index (Phi) is 4.44. The van der Waals surface area contributed by atoms with Crippen LogP contribution in [0.4, 0.5) is 0 Å². The SMILES string of the molecule is Cc1ccc(CC(=O)NCC(Br)C2CC2)cc1C. The summed E-state index contributed by atoms with van der Waals surface area (Å²) in [6, 6.07) is 6.21. The summed E-state index contributed by atoms with van der Waals surface area (Å²) in [5, 5.41) is 3.00. The second kappa shape index (κ2) is 5.87. The van der Waals surface area contributed by atoms with Crippen LogP contribution in [-0.4, -0.2) is 17.3 Å². The molecule has 0 aromatic heterocycles. The number of halogens is 1. The Bertz CT molecular complexity index is 440. The first-order valence-electron chi connectivity index (χ1n) is 6.53. The summed E-state index contributed by atoms with van der Waals surface area (Å²) >= 11 is 3.63. The van der Waals surface area contributed by atoms with Crippen molar-refractivity contribution in [2.45, 2.75) is 37.9 Å². The van der Waals surface area contributed by atoms with Gasteiger partial charge in [-0.25, -0.2) is 0 Å². The van der Waals surface area contributed by atoms with E-state index in [1.54, 1.807) is 0 Å². The molecule has 0 bridgehead atoms. The Hall–Kier alpha value is -0.830. The number of alkyl halides is 1. The first-order chi connectivity index (χ1) is 8.56. The van der Waals surface area contributed by atoms with E-state index >= 15 is 0 Å². The smallest absolute Gasteiger partial charge is 0.224 e. The fraction of sp³-hybridized carbons (Fsp3) is 0.533. The van der Waals surface area contributed by atoms with Crippen LogP contribution in [0.5, 0.6) is 0 Å². The molecule has 2 nitrogen and oxygen atoms in total. The molecule has 1 aliphatic carbocycles. The van der Waals surface area contributed by atoms with Crippen LogP contribution in [-0.2, 0) is 11.2 Å². The Balaban J connectivity index is 1.80. The van der Waals surface area contributed by atoms with Crippen LogP contribution >= 0.6 is 15.9 Å². The molecule has 1 aromatic carbocycles. The van der Waals surface area contributed by atoms with Gasteiger partial charge in [0.05, 0.1) is 6.42 Å². The second-order valence-corrected chi connectivity index (χ2v) is 6.43. The highest BCUT2D eigenvalue weighted by atomic mass is 79.9. The standard InChI is InChI=1S/C15H20BrNO/c1-10-3-4-12(7-11(10)2)8-15(18)17-9-14(16)13-5-6-13/h3-4,7,13-14H,5-6,8-9H2,1-2H3,(H,17,18). The van der Waals surface area contributed by atoms with Gasteiger partial charge in [0.2, 0.25) is 5.91 Å². The number of carbonyl (C=O) groups is 1. The van der Waals surface area contributed by atoms with E-state index in [9.17, 15) is 4.79 Å². The molecule has 1 atom stereocenters. The number of hydrogen-bond donors (Lipinski definition) is 1. The third-order valence-electron chi connectivity index (χ3n) is 3.56. The van der Waals surface area contributed by atoms with Crippen molar-refractivity contribution in [1.82, 2.24) is 5.32 Å². The quantitative estimate of drug-likeness (QED) is 0.832. The van der Waals surface area contributed by atoms with Crippen LogP contribution in [0, 0.1) is 19.8 Å². The Morgan fingerprint density at radius 2 is 2.11 bits per heavy atom. The van der Waals surface area contributed by atoms with Crippen molar-refractivity contribution in [2.24, 2.45) is 5.92 Å². The van der Waals surface area contributed by atoms with Crippen molar-refractivity contribution in [2.75, 3.05) is 6.54 Å². The van der Waals surface area contributed by atoms with E-state index in [1.807, 2.05) is 6.07 Å². The minimum atomic E-state index is 0.114. The minimum Gasteiger partial charge on any atom is -0.355 e. The van der Waals surface area contributed by atoms with Crippen LogP contribution in [0.25, 0.3) is 0 Å². The van der Waals surface area contributed by atoms with E-state index in [4.69, 9.17) is 0 Å². The van der Waals surface area contributed by atoms with Crippen LogP contribution in [0.2, 0.25) is 0 Å². The summed E-state index contributed by atoms with van der Waals surface area (Å²) in [6.45, 7) is 4.91. The number of amides is 1. The summed E-state index contributed by atoms with van der Waals surface area (Å²) in [5.74, 6) is 0.885. The predicted molar refractivity (Wildman–Crippen MR) is 78.1 cm³/mol. The predicted octanol–water partition coefficient (Wildman–Crippen LogP) is 3.14. The number of hydrogen-bond acceptors (Lipinski definition) is 1. The third-order valence-corrected chi connectivity index (χ3v) is 4.64. The van der Waals surface area contributed by atoms with E-state index < -0.39 is 0 Å². The zero-order valence-electron chi connectivity index (χ0n) is 11.0. The number of aryl methyl sites for hydroxylation is 2. The van der Waals surface area contributed by atoms with E-state index in [-0.39, 0.29) is 5.91 Å². The lowest BCUT2D eigenvalue weighted by molar-refractivity contribution is -0.120. The fourth-order valence-electron chi connectivity index (χ4n) is 2.00. The zero-order valence-corrected chi connectivity index (χ0v) is 12.6. The summed E-state index contributed by atoms with van der Waals surface area (Å²) in [4.78, 5) is 12.3. The molecular weight excluding hydrogens is 290 g/mol. The van der Waals surface area contributed by atoms with E-state index in [0.717, 1.165) is 18.0 Å². The number of nitrogens with one attached hydrogen (secondary N) is 1. The maximum Gasteiger partial charge on any atom is 0.224 e. The molecule has 2 rings (SSSR count). The van der Waals surface area contributed by atoms with Crippen LogP contribution in [0.1, 0.15) is 29.5 Å². The first-order valence-corrected chi connectivity index (χ1v) is 7.44. The molecule has 0 heterocycles. The summed E-state index contributed by atoms with van der Waals surface area (Å²) in [5.41, 5.74) is 3.61. The highest BCUT2D eigenvalue weighted by molar-refractivity contribution is 9.09. The lowest BCUT2D eigenvalue weighted by Gasteiger charge is -2.10. The summed E-state index contributed by atoms with van der Waals surface area (Å²) in [6.07, 6.45) is 3.07. The van der Waals surface area contributed by atoms with Crippen molar-refractivity contribution in [3.63, 3.8) is 0 Å². The molecule has 1 fully saturated rings. The molecule has 0 spiro atoms. The van der Waals surface area contributed by atoms with Gasteiger partial charge >= 0.3 is 0 Å². The van der Waals surface area contributed by atoms with Gasteiger partial charge in [-0.05, 0) is 49.3 Å². The molecule has 0 saturated heterocycles. The van der Waals surface area contributed by atoms with Gasteiger partial charge in [0.15, 0.2) is 0 Å². The number of rotatable bonds is 5. The third kappa shape index (κ3) is 3.84. The molecule has 1 N–H and O–H groups in total. The number of benzene rings is 1. The number of carbonyl (C=O) groups excluding carboxylic acids is 1. The molecule has 98 valence electrons. The average Bonchev–Trinajstić information content (AvgIpc) is 3.15. The largest absolute Gasteiger partial charge is 0.355 e. The molecule has 0 aliphatic heterocycles. The van der Waals surface area contributed by atoms with Gasteiger partial charge in [-0.15, -0.1) is 0 Å². The van der Waals surface area contributed by atoms with Gasteiger partial charge in [-0.2, -0.15) is 0 Å². The van der Waals surface area contributed by atoms with Gasteiger partial charge in [-0.1, -0.05) is 34.1 Å². The Labute approximate surface area is 117 Å². The fourth-order valence-corrected chi connectivity index (χ4v) is 2.69. The van der Waals surface area contributed by atoms with Crippen molar-refractivity contribution in [3.8, 4) is 0 Å². The van der Waals surface area contributed by atoms with Gasteiger partial charge < -0.3 is 5.32 Å². The maximum atomic E-state index is 11.8. The van der Waals surface area contributed by atoms with Crippen molar-refractivity contribution >= 4 is 21.8 Å².